The molecular weight excluding hydrogens is 424 g/mol. The van der Waals surface area contributed by atoms with Gasteiger partial charge >= 0.3 is 6.03 Å². The monoisotopic (exact) mass is 460 g/mol. The molecule has 0 atom stereocenters. The summed E-state index contributed by atoms with van der Waals surface area (Å²) in [7, 11) is 0. The van der Waals surface area contributed by atoms with E-state index < -0.39 is 0 Å². The van der Waals surface area contributed by atoms with Crippen molar-refractivity contribution < 1.29 is 14.3 Å². The van der Waals surface area contributed by atoms with Crippen LogP contribution in [0.2, 0.25) is 0 Å². The third-order valence-electron chi connectivity index (χ3n) is 5.42. The molecule has 0 aliphatic carbocycles. The Hall–Kier alpha value is -2.16. The lowest BCUT2D eigenvalue weighted by Crippen LogP contribution is -2.50. The van der Waals surface area contributed by atoms with Crippen LogP contribution in [0.5, 0.6) is 5.75 Å². The van der Waals surface area contributed by atoms with E-state index in [-0.39, 0.29) is 11.6 Å². The van der Waals surface area contributed by atoms with Crippen LogP contribution in [0.15, 0.2) is 23.6 Å². The highest BCUT2D eigenvalue weighted by molar-refractivity contribution is 7.09. The zero-order valence-electron chi connectivity index (χ0n) is 19.9. The fourth-order valence-electron chi connectivity index (χ4n) is 3.44. The second kappa shape index (κ2) is 11.1. The quantitative estimate of drug-likeness (QED) is 0.645. The molecule has 2 amide bonds. The molecule has 1 aromatic heterocycles. The van der Waals surface area contributed by atoms with Gasteiger partial charge in [0.25, 0.3) is 0 Å². The predicted octanol–water partition coefficient (Wildman–Crippen LogP) is 3.98. The van der Waals surface area contributed by atoms with Gasteiger partial charge in [-0.2, -0.15) is 0 Å². The van der Waals surface area contributed by atoms with Crippen molar-refractivity contribution in [2.24, 2.45) is 0 Å². The fourth-order valence-corrected chi connectivity index (χ4v) is 4.14. The van der Waals surface area contributed by atoms with Gasteiger partial charge in [0.15, 0.2) is 0 Å². The fraction of sp³-hybridized carbons (Fsp3) is 0.583. The van der Waals surface area contributed by atoms with E-state index in [0.717, 1.165) is 54.9 Å². The number of nitrogens with zero attached hydrogens (tertiary/aromatic N) is 3. The summed E-state index contributed by atoms with van der Waals surface area (Å²) in [5, 5.41) is 6.02. The van der Waals surface area contributed by atoms with Crippen molar-refractivity contribution in [3.05, 3.63) is 45.4 Å². The van der Waals surface area contributed by atoms with E-state index in [1.807, 2.05) is 43.2 Å². The van der Waals surface area contributed by atoms with Gasteiger partial charge in [0.05, 0.1) is 25.5 Å². The zero-order valence-corrected chi connectivity index (χ0v) is 20.8. The number of thiazole rings is 1. The molecule has 0 radical (unpaired) electrons. The molecule has 2 heterocycles. The number of hydrogen-bond acceptors (Lipinski definition) is 6. The van der Waals surface area contributed by atoms with Gasteiger partial charge in [0.1, 0.15) is 17.4 Å². The van der Waals surface area contributed by atoms with E-state index in [1.165, 1.54) is 5.56 Å². The molecule has 1 N–H and O–H groups in total. The van der Waals surface area contributed by atoms with Crippen molar-refractivity contribution in [3.63, 3.8) is 0 Å². The Kier molecular flexibility index (Phi) is 8.51. The van der Waals surface area contributed by atoms with Gasteiger partial charge in [-0.25, -0.2) is 9.78 Å². The molecule has 1 saturated heterocycles. The summed E-state index contributed by atoms with van der Waals surface area (Å²) in [6.45, 7) is 15.8. The number of urea groups is 1. The first-order valence-electron chi connectivity index (χ1n) is 11.2. The van der Waals surface area contributed by atoms with Crippen molar-refractivity contribution in [2.45, 2.75) is 53.3 Å². The van der Waals surface area contributed by atoms with E-state index in [4.69, 9.17) is 14.5 Å². The molecule has 0 bridgehead atoms. The number of morpholine rings is 1. The number of nitrogens with one attached hydrogen (secondary N) is 1. The molecule has 7 nitrogen and oxygen atoms in total. The maximum absolute atomic E-state index is 12.9. The molecule has 2 aromatic rings. The Morgan fingerprint density at radius 3 is 2.75 bits per heavy atom. The highest BCUT2D eigenvalue weighted by Crippen LogP contribution is 2.22. The number of aryl methyl sites for hydroxylation is 1. The topological polar surface area (TPSA) is 66.9 Å². The van der Waals surface area contributed by atoms with Crippen LogP contribution in [0.25, 0.3) is 0 Å². The van der Waals surface area contributed by atoms with Crippen LogP contribution in [-0.2, 0) is 17.9 Å². The maximum atomic E-state index is 12.9. The van der Waals surface area contributed by atoms with Crippen LogP contribution in [0.3, 0.4) is 0 Å². The van der Waals surface area contributed by atoms with Gasteiger partial charge in [-0.3, -0.25) is 4.90 Å². The first kappa shape index (κ1) is 24.5. The van der Waals surface area contributed by atoms with Crippen molar-refractivity contribution in [1.82, 2.24) is 20.1 Å². The molecule has 0 unspecified atom stereocenters. The smallest absolute Gasteiger partial charge is 0.318 e. The summed E-state index contributed by atoms with van der Waals surface area (Å²) in [4.78, 5) is 21.9. The largest absolute Gasteiger partial charge is 0.486 e. The summed E-state index contributed by atoms with van der Waals surface area (Å²) in [6.07, 6.45) is 0. The average molecular weight is 461 g/mol. The minimum Gasteiger partial charge on any atom is -0.486 e. The van der Waals surface area contributed by atoms with Gasteiger partial charge < -0.3 is 19.7 Å². The highest BCUT2D eigenvalue weighted by Gasteiger charge is 2.22. The van der Waals surface area contributed by atoms with E-state index in [0.29, 0.717) is 19.7 Å². The molecule has 1 aliphatic rings. The highest BCUT2D eigenvalue weighted by atomic mass is 32.1. The van der Waals surface area contributed by atoms with E-state index in [2.05, 4.69) is 30.1 Å². The number of aromatic nitrogens is 1. The summed E-state index contributed by atoms with van der Waals surface area (Å²) in [6, 6.07) is 6.01. The Labute approximate surface area is 195 Å². The van der Waals surface area contributed by atoms with Crippen LogP contribution in [0.4, 0.5) is 4.79 Å². The van der Waals surface area contributed by atoms with Crippen molar-refractivity contribution in [2.75, 3.05) is 39.4 Å². The lowest BCUT2D eigenvalue weighted by Gasteiger charge is -2.31. The Balaban J connectivity index is 1.61. The third-order valence-corrected chi connectivity index (χ3v) is 6.29. The summed E-state index contributed by atoms with van der Waals surface area (Å²) < 4.78 is 11.4. The minimum absolute atomic E-state index is 0.0630. The second-order valence-corrected chi connectivity index (χ2v) is 10.2. The lowest BCUT2D eigenvalue weighted by molar-refractivity contribution is 0.0345. The molecular formula is C24H36N4O3S. The van der Waals surface area contributed by atoms with E-state index in [1.54, 1.807) is 11.3 Å². The number of ether oxygens (including phenoxy) is 2. The Morgan fingerprint density at radius 1 is 1.28 bits per heavy atom. The van der Waals surface area contributed by atoms with E-state index >= 15 is 0 Å². The molecule has 1 fully saturated rings. The van der Waals surface area contributed by atoms with Gasteiger partial charge in [-0.05, 0) is 51.8 Å². The summed E-state index contributed by atoms with van der Waals surface area (Å²) in [5.74, 6) is 0.887. The van der Waals surface area contributed by atoms with Crippen LogP contribution in [0, 0.1) is 13.8 Å². The van der Waals surface area contributed by atoms with Crippen molar-refractivity contribution in [3.8, 4) is 5.75 Å². The number of rotatable bonds is 8. The first-order chi connectivity index (χ1) is 15.2. The Morgan fingerprint density at radius 2 is 2.03 bits per heavy atom. The molecule has 176 valence electrons. The van der Waals surface area contributed by atoms with Gasteiger partial charge in [0, 0.05) is 37.1 Å². The Bertz CT molecular complexity index is 888. The molecule has 0 spiro atoms. The van der Waals surface area contributed by atoms with Gasteiger partial charge in [-0.1, -0.05) is 12.1 Å². The first-order valence-corrected chi connectivity index (χ1v) is 12.1. The number of hydrogen-bond donors (Lipinski definition) is 1. The molecule has 1 aliphatic heterocycles. The number of carbonyl (C=O) groups is 1. The minimum atomic E-state index is -0.291. The van der Waals surface area contributed by atoms with Crippen LogP contribution < -0.4 is 10.1 Å². The number of benzene rings is 1. The molecule has 8 heteroatoms. The van der Waals surface area contributed by atoms with Gasteiger partial charge in [-0.15, -0.1) is 11.3 Å². The molecule has 3 rings (SSSR count). The maximum Gasteiger partial charge on any atom is 0.318 e. The third kappa shape index (κ3) is 7.46. The van der Waals surface area contributed by atoms with Crippen LogP contribution in [0.1, 0.15) is 42.6 Å². The predicted molar refractivity (Wildman–Crippen MR) is 128 cm³/mol. The number of carbonyl (C=O) groups excluding carboxylic acids is 1. The lowest BCUT2D eigenvalue weighted by atomic mass is 10.1. The second-order valence-electron chi connectivity index (χ2n) is 9.28. The van der Waals surface area contributed by atoms with Gasteiger partial charge in [0.2, 0.25) is 0 Å². The molecule has 32 heavy (non-hydrogen) atoms. The molecule has 0 saturated carbocycles. The standard InChI is InChI=1S/C24H36N4O3S/c1-18-7-6-8-21(19(18)2)31-16-22-25-20(17-32-22)15-28(23(29)26-24(3,4)5)10-9-27-11-13-30-14-12-27/h6-8,17H,9-16H2,1-5H3,(H,26,29). The van der Waals surface area contributed by atoms with E-state index in [9.17, 15) is 4.79 Å². The zero-order chi connectivity index (χ0) is 23.1. The van der Waals surface area contributed by atoms with Crippen LogP contribution >= 0.6 is 11.3 Å². The SMILES string of the molecule is Cc1cccc(OCc2nc(CN(CCN3CCOCC3)C(=O)NC(C)(C)C)cs2)c1C. The van der Waals surface area contributed by atoms with Crippen molar-refractivity contribution in [1.29, 1.82) is 0 Å². The average Bonchev–Trinajstić information content (AvgIpc) is 3.19. The number of amides is 2. The molecule has 1 aromatic carbocycles. The summed E-state index contributed by atoms with van der Waals surface area (Å²) in [5.41, 5.74) is 2.96. The van der Waals surface area contributed by atoms with Crippen molar-refractivity contribution >= 4 is 17.4 Å². The summed E-state index contributed by atoms with van der Waals surface area (Å²) >= 11 is 1.57. The van der Waals surface area contributed by atoms with Crippen LogP contribution in [-0.4, -0.2) is 65.7 Å². The normalized spacial score (nSPS) is 14.9.